The molecule has 4 rings (SSSR count). The van der Waals surface area contributed by atoms with Crippen molar-refractivity contribution in [3.63, 3.8) is 0 Å². The maximum Gasteiger partial charge on any atom is 0.264 e. The standard InChI is InChI=1S/C29H27Cl3N4O3S/c1-18-5-9-25(10-6-18)40(38,39)35(27-12-8-23(30)13-19(27)2)17-29(37)34-33-16-22-14-20(3)36(21(22)4)28-15-24(31)7-11-26(28)32/h5-16H,17H2,1-4H3,(H,34,37)/b33-16+. The van der Waals surface area contributed by atoms with Crippen LogP contribution < -0.4 is 9.73 Å². The van der Waals surface area contributed by atoms with Crippen molar-refractivity contribution in [1.29, 1.82) is 0 Å². The van der Waals surface area contributed by atoms with Gasteiger partial charge in [0.2, 0.25) is 0 Å². The van der Waals surface area contributed by atoms with Gasteiger partial charge in [0.1, 0.15) is 6.54 Å². The molecule has 0 fully saturated rings. The van der Waals surface area contributed by atoms with Gasteiger partial charge in [-0.3, -0.25) is 9.10 Å². The zero-order chi connectivity index (χ0) is 29.2. The number of sulfonamides is 1. The van der Waals surface area contributed by atoms with Crippen LogP contribution in [-0.4, -0.2) is 31.7 Å². The minimum Gasteiger partial charge on any atom is -0.316 e. The van der Waals surface area contributed by atoms with Crippen molar-refractivity contribution in [2.24, 2.45) is 5.10 Å². The van der Waals surface area contributed by atoms with E-state index in [1.807, 2.05) is 31.4 Å². The molecule has 0 aliphatic rings. The lowest BCUT2D eigenvalue weighted by Gasteiger charge is -2.25. The molecule has 0 spiro atoms. The molecule has 1 N–H and O–H groups in total. The molecule has 4 aromatic rings. The minimum atomic E-state index is -4.07. The third kappa shape index (κ3) is 6.36. The molecule has 7 nitrogen and oxygen atoms in total. The Morgan fingerprint density at radius 2 is 1.57 bits per heavy atom. The van der Waals surface area contributed by atoms with Crippen LogP contribution >= 0.6 is 34.8 Å². The van der Waals surface area contributed by atoms with Crippen LogP contribution in [0.2, 0.25) is 15.1 Å². The van der Waals surface area contributed by atoms with Crippen LogP contribution in [0.15, 0.2) is 76.7 Å². The van der Waals surface area contributed by atoms with Crippen molar-refractivity contribution in [2.45, 2.75) is 32.6 Å². The van der Waals surface area contributed by atoms with Gasteiger partial charge in [0.05, 0.1) is 27.5 Å². The van der Waals surface area contributed by atoms with E-state index in [4.69, 9.17) is 34.8 Å². The van der Waals surface area contributed by atoms with Crippen LogP contribution in [0.5, 0.6) is 0 Å². The van der Waals surface area contributed by atoms with Crippen LogP contribution in [0, 0.1) is 27.7 Å². The van der Waals surface area contributed by atoms with Gasteiger partial charge in [0, 0.05) is 27.0 Å². The van der Waals surface area contributed by atoms with Gasteiger partial charge >= 0.3 is 0 Å². The number of rotatable bonds is 8. The normalized spacial score (nSPS) is 11.7. The van der Waals surface area contributed by atoms with Crippen molar-refractivity contribution in [3.05, 3.63) is 110 Å². The van der Waals surface area contributed by atoms with Crippen molar-refractivity contribution in [2.75, 3.05) is 10.8 Å². The molecule has 0 radical (unpaired) electrons. The first-order valence-corrected chi connectivity index (χ1v) is 14.8. The maximum atomic E-state index is 13.6. The molecular weight excluding hydrogens is 591 g/mol. The fourth-order valence-corrected chi connectivity index (χ4v) is 6.40. The first-order chi connectivity index (χ1) is 18.9. The van der Waals surface area contributed by atoms with Gasteiger partial charge in [-0.1, -0.05) is 52.5 Å². The summed E-state index contributed by atoms with van der Waals surface area (Å²) in [5.74, 6) is -0.618. The number of carbonyl (C=O) groups excluding carboxylic acids is 1. The van der Waals surface area contributed by atoms with Crippen molar-refractivity contribution in [3.8, 4) is 5.69 Å². The van der Waals surface area contributed by atoms with Crippen molar-refractivity contribution >= 4 is 62.6 Å². The van der Waals surface area contributed by atoms with Crippen LogP contribution in [-0.2, 0) is 14.8 Å². The van der Waals surface area contributed by atoms with Gasteiger partial charge in [-0.05, 0) is 87.9 Å². The van der Waals surface area contributed by atoms with Gasteiger partial charge in [-0.2, -0.15) is 5.10 Å². The molecule has 0 aliphatic heterocycles. The molecular formula is C29H27Cl3N4O3S. The number of hydrazone groups is 1. The Hall–Kier alpha value is -3.30. The summed E-state index contributed by atoms with van der Waals surface area (Å²) in [6.07, 6.45) is 1.50. The summed E-state index contributed by atoms with van der Waals surface area (Å²) in [6, 6.07) is 18.4. The Morgan fingerprint density at radius 1 is 0.925 bits per heavy atom. The number of nitrogens with one attached hydrogen (secondary N) is 1. The SMILES string of the molecule is Cc1ccc(S(=O)(=O)N(CC(=O)N/N=C/c2cc(C)n(-c3cc(Cl)ccc3Cl)c2C)c2ccc(Cl)cc2C)cc1. The number of benzene rings is 3. The van der Waals surface area contributed by atoms with Gasteiger partial charge in [0.15, 0.2) is 0 Å². The first kappa shape index (κ1) is 29.7. The Labute approximate surface area is 249 Å². The quantitative estimate of drug-likeness (QED) is 0.170. The lowest BCUT2D eigenvalue weighted by atomic mass is 10.2. The predicted octanol–water partition coefficient (Wildman–Crippen LogP) is 7.02. The van der Waals surface area contributed by atoms with E-state index >= 15 is 0 Å². The molecule has 0 saturated heterocycles. The van der Waals surface area contributed by atoms with E-state index in [0.717, 1.165) is 32.5 Å². The topological polar surface area (TPSA) is 83.8 Å². The highest BCUT2D eigenvalue weighted by molar-refractivity contribution is 7.92. The Kier molecular flexibility index (Phi) is 8.95. The highest BCUT2D eigenvalue weighted by Crippen LogP contribution is 2.30. The smallest absolute Gasteiger partial charge is 0.264 e. The molecule has 208 valence electrons. The molecule has 11 heteroatoms. The lowest BCUT2D eigenvalue weighted by Crippen LogP contribution is -2.40. The summed E-state index contributed by atoms with van der Waals surface area (Å²) < 4.78 is 30.3. The van der Waals surface area contributed by atoms with E-state index in [1.165, 1.54) is 18.3 Å². The lowest BCUT2D eigenvalue weighted by molar-refractivity contribution is -0.119. The summed E-state index contributed by atoms with van der Waals surface area (Å²) in [6.45, 7) is 6.92. The fraction of sp³-hybridized carbons (Fsp3) is 0.172. The highest BCUT2D eigenvalue weighted by atomic mass is 35.5. The summed E-state index contributed by atoms with van der Waals surface area (Å²) in [5.41, 5.74) is 7.50. The summed E-state index contributed by atoms with van der Waals surface area (Å²) >= 11 is 18.7. The highest BCUT2D eigenvalue weighted by Gasteiger charge is 2.28. The number of halogens is 3. The van der Waals surface area contributed by atoms with Crippen LogP contribution in [0.1, 0.15) is 28.1 Å². The van der Waals surface area contributed by atoms with Crippen molar-refractivity contribution < 1.29 is 13.2 Å². The summed E-state index contributed by atoms with van der Waals surface area (Å²) in [4.78, 5) is 13.1. The number of aromatic nitrogens is 1. The molecule has 0 bridgehead atoms. The number of anilines is 1. The molecule has 0 atom stereocenters. The minimum absolute atomic E-state index is 0.0656. The second-order valence-corrected chi connectivity index (χ2v) is 12.4. The largest absolute Gasteiger partial charge is 0.316 e. The number of hydrogen-bond acceptors (Lipinski definition) is 4. The Morgan fingerprint density at radius 3 is 2.25 bits per heavy atom. The number of aryl methyl sites for hydroxylation is 3. The average molecular weight is 618 g/mol. The molecule has 1 amide bonds. The van der Waals surface area contributed by atoms with E-state index < -0.39 is 22.5 Å². The molecule has 1 heterocycles. The van der Waals surface area contributed by atoms with Gasteiger partial charge < -0.3 is 4.57 Å². The molecule has 1 aromatic heterocycles. The van der Waals surface area contributed by atoms with E-state index in [1.54, 1.807) is 55.5 Å². The number of carbonyl (C=O) groups is 1. The molecule has 40 heavy (non-hydrogen) atoms. The Balaban J connectivity index is 1.59. The maximum absolute atomic E-state index is 13.6. The monoisotopic (exact) mass is 616 g/mol. The summed E-state index contributed by atoms with van der Waals surface area (Å²) in [5, 5.41) is 5.65. The van der Waals surface area contributed by atoms with Crippen LogP contribution in [0.4, 0.5) is 5.69 Å². The van der Waals surface area contributed by atoms with Gasteiger partial charge in [0.25, 0.3) is 15.9 Å². The summed E-state index contributed by atoms with van der Waals surface area (Å²) in [7, 11) is -4.07. The second kappa shape index (κ2) is 12.1. The molecule has 0 aliphatic carbocycles. The zero-order valence-electron chi connectivity index (χ0n) is 22.2. The van der Waals surface area contributed by atoms with Gasteiger partial charge in [-0.25, -0.2) is 13.8 Å². The predicted molar refractivity (Wildman–Crippen MR) is 163 cm³/mol. The third-order valence-electron chi connectivity index (χ3n) is 6.34. The average Bonchev–Trinajstić information content (AvgIpc) is 3.17. The zero-order valence-corrected chi connectivity index (χ0v) is 25.3. The molecule has 3 aromatic carbocycles. The Bertz CT molecular complexity index is 1720. The van der Waals surface area contributed by atoms with E-state index in [0.29, 0.717) is 26.3 Å². The van der Waals surface area contributed by atoms with Crippen LogP contribution in [0.3, 0.4) is 0 Å². The first-order valence-electron chi connectivity index (χ1n) is 12.2. The fourth-order valence-electron chi connectivity index (χ4n) is 4.32. The van der Waals surface area contributed by atoms with Gasteiger partial charge in [-0.15, -0.1) is 0 Å². The van der Waals surface area contributed by atoms with E-state index in [-0.39, 0.29) is 4.90 Å². The second-order valence-electron chi connectivity index (χ2n) is 9.31. The number of hydrogen-bond donors (Lipinski definition) is 1. The number of amides is 1. The van der Waals surface area contributed by atoms with Crippen molar-refractivity contribution in [1.82, 2.24) is 9.99 Å². The molecule has 0 saturated carbocycles. The van der Waals surface area contributed by atoms with E-state index in [9.17, 15) is 13.2 Å². The third-order valence-corrected chi connectivity index (χ3v) is 8.90. The van der Waals surface area contributed by atoms with Crippen LogP contribution in [0.25, 0.3) is 5.69 Å². The number of nitrogens with zero attached hydrogens (tertiary/aromatic N) is 3. The van der Waals surface area contributed by atoms with E-state index in [2.05, 4.69) is 10.5 Å². The molecule has 0 unspecified atom stereocenters.